The molecule has 0 spiro atoms. The number of hydrogen-bond donors (Lipinski definition) is 1. The molecule has 1 atom stereocenters. The zero-order valence-electron chi connectivity index (χ0n) is 13.7. The minimum absolute atomic E-state index is 0.0723. The maximum absolute atomic E-state index is 12.9. The van der Waals surface area contributed by atoms with Crippen LogP contribution in [0.5, 0.6) is 0 Å². The van der Waals surface area contributed by atoms with Gasteiger partial charge in [0.15, 0.2) is 5.82 Å². The average Bonchev–Trinajstić information content (AvgIpc) is 3.26. The predicted molar refractivity (Wildman–Crippen MR) is 89.3 cm³/mol. The molecule has 1 fully saturated rings. The maximum Gasteiger partial charge on any atom is 0.227 e. The summed E-state index contributed by atoms with van der Waals surface area (Å²) in [5.41, 5.74) is 3.33. The first-order valence-electron chi connectivity index (χ1n) is 8.35. The van der Waals surface area contributed by atoms with Crippen molar-refractivity contribution >= 4 is 16.8 Å². The van der Waals surface area contributed by atoms with Crippen molar-refractivity contribution in [2.75, 3.05) is 6.54 Å². The standard InChI is InChI=1S/C18H20N4O2/c1-12-5-4-6-14-13(10-19-17(12)14)9-16(23)22-8-3-2-7-15(22)18-20-11-24-21-18/h4-6,10-11,15,19H,2-3,7-9H2,1H3. The zero-order valence-corrected chi connectivity index (χ0v) is 13.7. The number of likely N-dealkylation sites (tertiary alicyclic amines) is 1. The van der Waals surface area contributed by atoms with Crippen LogP contribution >= 0.6 is 0 Å². The Morgan fingerprint density at radius 3 is 3.17 bits per heavy atom. The van der Waals surface area contributed by atoms with Crippen molar-refractivity contribution in [3.05, 3.63) is 47.7 Å². The van der Waals surface area contributed by atoms with Gasteiger partial charge in [-0.15, -0.1) is 0 Å². The van der Waals surface area contributed by atoms with Crippen molar-refractivity contribution in [1.82, 2.24) is 20.0 Å². The number of nitrogens with zero attached hydrogens (tertiary/aromatic N) is 3. The number of para-hydroxylation sites is 1. The lowest BCUT2D eigenvalue weighted by Crippen LogP contribution is -2.39. The highest BCUT2D eigenvalue weighted by atomic mass is 16.5. The molecule has 0 aliphatic carbocycles. The van der Waals surface area contributed by atoms with Crippen LogP contribution in [0.2, 0.25) is 0 Å². The molecule has 1 N–H and O–H groups in total. The molecule has 3 aromatic rings. The van der Waals surface area contributed by atoms with E-state index in [4.69, 9.17) is 4.52 Å². The normalized spacial score (nSPS) is 18.2. The molecule has 1 amide bonds. The summed E-state index contributed by atoms with van der Waals surface area (Å²) in [5.74, 6) is 0.727. The van der Waals surface area contributed by atoms with Gasteiger partial charge in [0.2, 0.25) is 12.3 Å². The van der Waals surface area contributed by atoms with Crippen LogP contribution in [0, 0.1) is 6.92 Å². The molecule has 6 heteroatoms. The highest BCUT2D eigenvalue weighted by Gasteiger charge is 2.31. The molecule has 3 heterocycles. The fraction of sp³-hybridized carbons (Fsp3) is 0.389. The highest BCUT2D eigenvalue weighted by molar-refractivity contribution is 5.90. The number of carbonyl (C=O) groups excluding carboxylic acids is 1. The van der Waals surface area contributed by atoms with E-state index < -0.39 is 0 Å². The third kappa shape index (κ3) is 2.58. The quantitative estimate of drug-likeness (QED) is 0.803. The third-order valence-corrected chi connectivity index (χ3v) is 4.85. The summed E-state index contributed by atoms with van der Waals surface area (Å²) in [5, 5.41) is 5.07. The first-order chi connectivity index (χ1) is 11.7. The van der Waals surface area contributed by atoms with Crippen LogP contribution in [0.25, 0.3) is 10.9 Å². The molecule has 1 aliphatic rings. The number of piperidine rings is 1. The van der Waals surface area contributed by atoms with Crippen molar-refractivity contribution in [2.45, 2.75) is 38.6 Å². The summed E-state index contributed by atoms with van der Waals surface area (Å²) in [6.45, 7) is 2.82. The van der Waals surface area contributed by atoms with Crippen LogP contribution < -0.4 is 0 Å². The van der Waals surface area contributed by atoms with Crippen LogP contribution in [-0.4, -0.2) is 32.5 Å². The Morgan fingerprint density at radius 1 is 1.42 bits per heavy atom. The van der Waals surface area contributed by atoms with Gasteiger partial charge < -0.3 is 14.4 Å². The molecule has 6 nitrogen and oxygen atoms in total. The van der Waals surface area contributed by atoms with Gasteiger partial charge in [0.1, 0.15) is 0 Å². The number of aryl methyl sites for hydroxylation is 1. The minimum atomic E-state index is -0.0723. The smallest absolute Gasteiger partial charge is 0.227 e. The van der Waals surface area contributed by atoms with Gasteiger partial charge in [0.25, 0.3) is 0 Å². The van der Waals surface area contributed by atoms with E-state index in [0.717, 1.165) is 42.3 Å². The molecule has 4 rings (SSSR count). The van der Waals surface area contributed by atoms with Gasteiger partial charge >= 0.3 is 0 Å². The number of aromatic nitrogens is 3. The van der Waals surface area contributed by atoms with Crippen molar-refractivity contribution in [1.29, 1.82) is 0 Å². The van der Waals surface area contributed by atoms with Crippen molar-refractivity contribution in [3.8, 4) is 0 Å². The molecule has 1 saturated heterocycles. The Bertz CT molecular complexity index is 853. The molecule has 1 unspecified atom stereocenters. The van der Waals surface area contributed by atoms with E-state index in [2.05, 4.69) is 34.2 Å². The van der Waals surface area contributed by atoms with Crippen molar-refractivity contribution < 1.29 is 9.32 Å². The molecule has 0 bridgehead atoms. The molecule has 0 saturated carbocycles. The van der Waals surface area contributed by atoms with Gasteiger partial charge in [-0.1, -0.05) is 23.4 Å². The second kappa shape index (κ2) is 6.11. The van der Waals surface area contributed by atoms with Crippen LogP contribution in [0.1, 0.15) is 42.3 Å². The number of nitrogens with one attached hydrogen (secondary N) is 1. The minimum Gasteiger partial charge on any atom is -0.361 e. The van der Waals surface area contributed by atoms with Gasteiger partial charge in [-0.3, -0.25) is 4.79 Å². The number of H-pyrrole nitrogens is 1. The monoisotopic (exact) mass is 324 g/mol. The summed E-state index contributed by atoms with van der Waals surface area (Å²) >= 11 is 0. The topological polar surface area (TPSA) is 75.0 Å². The lowest BCUT2D eigenvalue weighted by atomic mass is 10.00. The fourth-order valence-corrected chi connectivity index (χ4v) is 3.60. The van der Waals surface area contributed by atoms with Gasteiger partial charge in [-0.25, -0.2) is 0 Å². The Kier molecular flexibility index (Phi) is 3.80. The van der Waals surface area contributed by atoms with Gasteiger partial charge in [-0.2, -0.15) is 4.98 Å². The lowest BCUT2D eigenvalue weighted by Gasteiger charge is -2.33. The largest absolute Gasteiger partial charge is 0.361 e. The van der Waals surface area contributed by atoms with Crippen molar-refractivity contribution in [2.24, 2.45) is 0 Å². The Hall–Kier alpha value is -2.63. The molecule has 2 aromatic heterocycles. The second-order valence-electron chi connectivity index (χ2n) is 6.38. The lowest BCUT2D eigenvalue weighted by molar-refractivity contribution is -0.134. The molecular weight excluding hydrogens is 304 g/mol. The molecule has 124 valence electrons. The van der Waals surface area contributed by atoms with E-state index in [1.165, 1.54) is 12.0 Å². The first-order valence-corrected chi connectivity index (χ1v) is 8.35. The van der Waals surface area contributed by atoms with E-state index in [9.17, 15) is 4.79 Å². The summed E-state index contributed by atoms with van der Waals surface area (Å²) in [4.78, 5) is 22.3. The number of hydrogen-bond acceptors (Lipinski definition) is 4. The van der Waals surface area contributed by atoms with E-state index in [1.807, 2.05) is 17.2 Å². The molecule has 1 aromatic carbocycles. The average molecular weight is 324 g/mol. The van der Waals surface area contributed by atoms with Crippen LogP contribution in [0.15, 0.2) is 35.3 Å². The molecule has 0 radical (unpaired) electrons. The first kappa shape index (κ1) is 14.9. The Labute approximate surface area is 139 Å². The SMILES string of the molecule is Cc1cccc2c(CC(=O)N3CCCCC3c3ncon3)c[nH]c12. The molecule has 24 heavy (non-hydrogen) atoms. The van der Waals surface area contributed by atoms with Crippen molar-refractivity contribution in [3.63, 3.8) is 0 Å². The summed E-state index contributed by atoms with van der Waals surface area (Å²) < 4.78 is 4.87. The number of rotatable bonds is 3. The van der Waals surface area contributed by atoms with Gasteiger partial charge in [0.05, 0.1) is 12.5 Å². The van der Waals surface area contributed by atoms with E-state index >= 15 is 0 Å². The van der Waals surface area contributed by atoms with E-state index in [-0.39, 0.29) is 11.9 Å². The van der Waals surface area contributed by atoms with Crippen LogP contribution in [0.4, 0.5) is 0 Å². The van der Waals surface area contributed by atoms with Gasteiger partial charge in [0, 0.05) is 23.6 Å². The summed E-state index contributed by atoms with van der Waals surface area (Å²) in [6.07, 6.45) is 6.65. The Morgan fingerprint density at radius 2 is 2.33 bits per heavy atom. The van der Waals surface area contributed by atoms with Gasteiger partial charge in [-0.05, 0) is 37.3 Å². The van der Waals surface area contributed by atoms with E-state index in [0.29, 0.717) is 12.2 Å². The fourth-order valence-electron chi connectivity index (χ4n) is 3.60. The Balaban J connectivity index is 1.59. The predicted octanol–water partition coefficient (Wildman–Crippen LogP) is 3.16. The van der Waals surface area contributed by atoms with E-state index in [1.54, 1.807) is 0 Å². The number of aromatic amines is 1. The molecular formula is C18H20N4O2. The second-order valence-corrected chi connectivity index (χ2v) is 6.38. The third-order valence-electron chi connectivity index (χ3n) is 4.85. The summed E-state index contributed by atoms with van der Waals surface area (Å²) in [7, 11) is 0. The zero-order chi connectivity index (χ0) is 16.5. The maximum atomic E-state index is 12.9. The highest BCUT2D eigenvalue weighted by Crippen LogP contribution is 2.30. The number of amides is 1. The van der Waals surface area contributed by atoms with Crippen LogP contribution in [-0.2, 0) is 11.2 Å². The number of benzene rings is 1. The number of fused-ring (bicyclic) bond motifs is 1. The molecule has 1 aliphatic heterocycles. The van der Waals surface area contributed by atoms with Crippen LogP contribution in [0.3, 0.4) is 0 Å². The summed E-state index contributed by atoms with van der Waals surface area (Å²) in [6, 6.07) is 6.09. The number of carbonyl (C=O) groups is 1.